The molecule has 0 saturated heterocycles. The number of rotatable bonds is 9. The zero-order chi connectivity index (χ0) is 19.8. The van der Waals surface area contributed by atoms with Crippen molar-refractivity contribution < 1.29 is 0 Å². The van der Waals surface area contributed by atoms with E-state index in [9.17, 15) is 0 Å². The first kappa shape index (κ1) is 19.8. The second kappa shape index (κ2) is 9.80. The quantitative estimate of drug-likeness (QED) is 0.554. The molecule has 3 aromatic rings. The molecule has 6 nitrogen and oxygen atoms in total. The van der Waals surface area contributed by atoms with E-state index in [1.807, 2.05) is 24.4 Å². The highest BCUT2D eigenvalue weighted by Gasteiger charge is 2.07. The lowest BCUT2D eigenvalue weighted by molar-refractivity contribution is 0.405. The predicted octanol–water partition coefficient (Wildman–Crippen LogP) is 3.82. The topological polar surface area (TPSA) is 66.0 Å². The van der Waals surface area contributed by atoms with Crippen LogP contribution < -0.4 is 10.6 Å². The van der Waals surface area contributed by atoms with Gasteiger partial charge in [-0.05, 0) is 51.7 Å². The van der Waals surface area contributed by atoms with Crippen LogP contribution in [0.2, 0.25) is 0 Å². The van der Waals surface area contributed by atoms with E-state index in [1.165, 1.54) is 11.1 Å². The van der Waals surface area contributed by atoms with Crippen molar-refractivity contribution in [3.05, 3.63) is 66.0 Å². The van der Waals surface area contributed by atoms with Gasteiger partial charge in [0.2, 0.25) is 5.95 Å². The molecule has 2 N–H and O–H groups in total. The van der Waals surface area contributed by atoms with Crippen molar-refractivity contribution in [2.75, 3.05) is 37.8 Å². The zero-order valence-electron chi connectivity index (χ0n) is 16.8. The molecule has 28 heavy (non-hydrogen) atoms. The third kappa shape index (κ3) is 6.03. The molecule has 0 aliphatic carbocycles. The highest BCUT2D eigenvalue weighted by atomic mass is 15.1. The smallest absolute Gasteiger partial charge is 0.225 e. The molecular weight excluding hydrogens is 348 g/mol. The molecule has 3 rings (SSSR count). The van der Waals surface area contributed by atoms with Crippen LogP contribution in [-0.4, -0.2) is 47.0 Å². The number of pyridine rings is 1. The SMILES string of the molecule is Cc1ccc(CNc2cc(-c3cccnc3)nc(NCCCN(C)C)n2)cc1. The molecule has 0 aliphatic heterocycles. The fourth-order valence-corrected chi connectivity index (χ4v) is 2.77. The molecule has 0 spiro atoms. The first-order valence-corrected chi connectivity index (χ1v) is 9.57. The summed E-state index contributed by atoms with van der Waals surface area (Å²) in [5.74, 6) is 1.43. The Kier molecular flexibility index (Phi) is 6.92. The van der Waals surface area contributed by atoms with Gasteiger partial charge in [-0.2, -0.15) is 4.98 Å². The largest absolute Gasteiger partial charge is 0.366 e. The highest BCUT2D eigenvalue weighted by molar-refractivity contribution is 5.63. The average Bonchev–Trinajstić information content (AvgIpc) is 2.71. The van der Waals surface area contributed by atoms with Crippen LogP contribution in [0.4, 0.5) is 11.8 Å². The maximum Gasteiger partial charge on any atom is 0.225 e. The van der Waals surface area contributed by atoms with Crippen molar-refractivity contribution in [3.63, 3.8) is 0 Å². The van der Waals surface area contributed by atoms with Gasteiger partial charge in [-0.3, -0.25) is 4.98 Å². The second-order valence-electron chi connectivity index (χ2n) is 7.13. The second-order valence-corrected chi connectivity index (χ2v) is 7.13. The summed E-state index contributed by atoms with van der Waals surface area (Å²) in [7, 11) is 4.15. The first-order chi connectivity index (χ1) is 13.6. The molecule has 0 bridgehead atoms. The predicted molar refractivity (Wildman–Crippen MR) is 115 cm³/mol. The van der Waals surface area contributed by atoms with Crippen molar-refractivity contribution in [3.8, 4) is 11.3 Å². The fourth-order valence-electron chi connectivity index (χ4n) is 2.77. The summed E-state index contributed by atoms with van der Waals surface area (Å²) in [5.41, 5.74) is 4.30. The molecule has 6 heteroatoms. The van der Waals surface area contributed by atoms with Crippen molar-refractivity contribution in [1.29, 1.82) is 0 Å². The summed E-state index contributed by atoms with van der Waals surface area (Å²) >= 11 is 0. The number of aryl methyl sites for hydroxylation is 1. The maximum atomic E-state index is 4.67. The summed E-state index contributed by atoms with van der Waals surface area (Å²) in [4.78, 5) is 15.7. The van der Waals surface area contributed by atoms with E-state index in [0.29, 0.717) is 12.5 Å². The monoisotopic (exact) mass is 376 g/mol. The van der Waals surface area contributed by atoms with Crippen LogP contribution in [0.25, 0.3) is 11.3 Å². The molecule has 2 aromatic heterocycles. The van der Waals surface area contributed by atoms with E-state index in [4.69, 9.17) is 0 Å². The van der Waals surface area contributed by atoms with Crippen LogP contribution in [0.15, 0.2) is 54.9 Å². The molecule has 0 radical (unpaired) electrons. The van der Waals surface area contributed by atoms with Crippen LogP contribution >= 0.6 is 0 Å². The van der Waals surface area contributed by atoms with Crippen LogP contribution in [0.1, 0.15) is 17.5 Å². The molecule has 0 unspecified atom stereocenters. The van der Waals surface area contributed by atoms with Gasteiger partial charge in [0, 0.05) is 37.1 Å². The number of nitrogens with one attached hydrogen (secondary N) is 2. The number of hydrogen-bond acceptors (Lipinski definition) is 6. The Balaban J connectivity index is 1.75. The van der Waals surface area contributed by atoms with Crippen molar-refractivity contribution >= 4 is 11.8 Å². The van der Waals surface area contributed by atoms with Gasteiger partial charge in [0.05, 0.1) is 5.69 Å². The van der Waals surface area contributed by atoms with Gasteiger partial charge in [-0.25, -0.2) is 4.98 Å². The van der Waals surface area contributed by atoms with Gasteiger partial charge < -0.3 is 15.5 Å². The van der Waals surface area contributed by atoms with Crippen molar-refractivity contribution in [2.24, 2.45) is 0 Å². The first-order valence-electron chi connectivity index (χ1n) is 9.57. The third-order valence-corrected chi connectivity index (χ3v) is 4.34. The summed E-state index contributed by atoms with van der Waals surface area (Å²) in [6.07, 6.45) is 4.61. The minimum absolute atomic E-state index is 0.631. The Labute approximate surface area is 167 Å². The van der Waals surface area contributed by atoms with Gasteiger partial charge >= 0.3 is 0 Å². The van der Waals surface area contributed by atoms with E-state index in [2.05, 4.69) is 75.8 Å². The van der Waals surface area contributed by atoms with E-state index in [-0.39, 0.29) is 0 Å². The van der Waals surface area contributed by atoms with Crippen LogP contribution in [0, 0.1) is 6.92 Å². The Morgan fingerprint density at radius 3 is 2.54 bits per heavy atom. The summed E-state index contributed by atoms with van der Waals surface area (Å²) in [6, 6.07) is 14.4. The third-order valence-electron chi connectivity index (χ3n) is 4.34. The minimum atomic E-state index is 0.631. The Morgan fingerprint density at radius 1 is 1.00 bits per heavy atom. The van der Waals surface area contributed by atoms with Gasteiger partial charge in [0.15, 0.2) is 0 Å². The van der Waals surface area contributed by atoms with Crippen LogP contribution in [-0.2, 0) is 6.54 Å². The Morgan fingerprint density at radius 2 is 1.82 bits per heavy atom. The average molecular weight is 377 g/mol. The molecular formula is C22H28N6. The standard InChI is InChI=1S/C22H28N6/c1-17-7-9-18(10-8-17)15-25-21-14-20(19-6-4-11-23-16-19)26-22(27-21)24-12-5-13-28(2)3/h4,6-11,14,16H,5,12-13,15H2,1-3H3,(H2,24,25,26,27). The highest BCUT2D eigenvalue weighted by Crippen LogP contribution is 2.21. The molecule has 0 atom stereocenters. The maximum absolute atomic E-state index is 4.67. The summed E-state index contributed by atoms with van der Waals surface area (Å²) in [5, 5.41) is 6.77. The number of hydrogen-bond donors (Lipinski definition) is 2. The Bertz CT molecular complexity index is 862. The van der Waals surface area contributed by atoms with E-state index < -0.39 is 0 Å². The molecule has 1 aromatic carbocycles. The number of aromatic nitrogens is 3. The summed E-state index contributed by atoms with van der Waals surface area (Å²) in [6.45, 7) is 4.65. The van der Waals surface area contributed by atoms with Gasteiger partial charge in [-0.1, -0.05) is 29.8 Å². The minimum Gasteiger partial charge on any atom is -0.366 e. The summed E-state index contributed by atoms with van der Waals surface area (Å²) < 4.78 is 0. The van der Waals surface area contributed by atoms with Gasteiger partial charge in [0.1, 0.15) is 5.82 Å². The van der Waals surface area contributed by atoms with Crippen LogP contribution in [0.5, 0.6) is 0 Å². The molecule has 0 saturated carbocycles. The lowest BCUT2D eigenvalue weighted by Gasteiger charge is -2.13. The normalized spacial score (nSPS) is 10.9. The van der Waals surface area contributed by atoms with E-state index in [0.717, 1.165) is 36.6 Å². The molecule has 0 fully saturated rings. The molecule has 2 heterocycles. The molecule has 0 aliphatic rings. The lowest BCUT2D eigenvalue weighted by atomic mass is 10.1. The van der Waals surface area contributed by atoms with Gasteiger partial charge in [-0.15, -0.1) is 0 Å². The number of anilines is 2. The number of nitrogens with zero attached hydrogens (tertiary/aromatic N) is 4. The Hall–Kier alpha value is -2.99. The zero-order valence-corrected chi connectivity index (χ0v) is 16.8. The van der Waals surface area contributed by atoms with Crippen molar-refractivity contribution in [2.45, 2.75) is 19.9 Å². The van der Waals surface area contributed by atoms with Crippen molar-refractivity contribution in [1.82, 2.24) is 19.9 Å². The fraction of sp³-hybridized carbons (Fsp3) is 0.318. The van der Waals surface area contributed by atoms with E-state index in [1.54, 1.807) is 6.20 Å². The molecule has 0 amide bonds. The van der Waals surface area contributed by atoms with Crippen LogP contribution in [0.3, 0.4) is 0 Å². The molecule has 146 valence electrons. The number of benzene rings is 1. The van der Waals surface area contributed by atoms with Gasteiger partial charge in [0.25, 0.3) is 0 Å². The lowest BCUT2D eigenvalue weighted by Crippen LogP contribution is -2.17. The van der Waals surface area contributed by atoms with E-state index >= 15 is 0 Å².